The second kappa shape index (κ2) is 7.38. The topological polar surface area (TPSA) is 52.6 Å². The first-order valence-electron chi connectivity index (χ1n) is 8.90. The van der Waals surface area contributed by atoms with Gasteiger partial charge in [-0.05, 0) is 42.6 Å². The third kappa shape index (κ3) is 4.09. The lowest BCUT2D eigenvalue weighted by Crippen LogP contribution is -2.28. The predicted molar refractivity (Wildman–Crippen MR) is 100 cm³/mol. The molecule has 1 atom stereocenters. The van der Waals surface area contributed by atoms with Crippen molar-refractivity contribution >= 4 is 11.6 Å². The van der Waals surface area contributed by atoms with E-state index in [2.05, 4.69) is 23.2 Å². The van der Waals surface area contributed by atoms with E-state index in [1.165, 1.54) is 11.1 Å². The fourth-order valence-corrected chi connectivity index (χ4v) is 3.49. The van der Waals surface area contributed by atoms with Crippen molar-refractivity contribution in [3.63, 3.8) is 0 Å². The van der Waals surface area contributed by atoms with Crippen LogP contribution in [0.4, 0.5) is 5.69 Å². The molecule has 0 saturated carbocycles. The zero-order valence-electron chi connectivity index (χ0n) is 15.0. The van der Waals surface area contributed by atoms with Crippen LogP contribution in [0.1, 0.15) is 43.4 Å². The maximum Gasteiger partial charge on any atom is 0.227 e. The fraction of sp³-hybridized carbons (Fsp3) is 0.381. The third-order valence-electron chi connectivity index (χ3n) is 4.76. The molecule has 0 saturated heterocycles. The number of fused-ring (bicyclic) bond motifs is 1. The lowest BCUT2D eigenvalue weighted by atomic mass is 9.92. The minimum Gasteiger partial charge on any atom is -0.385 e. The Bertz CT molecular complexity index is 741. The van der Waals surface area contributed by atoms with Gasteiger partial charge in [-0.3, -0.25) is 9.69 Å². The van der Waals surface area contributed by atoms with Crippen LogP contribution >= 0.6 is 0 Å². The number of hydrogen-bond donors (Lipinski definition) is 2. The highest BCUT2D eigenvalue weighted by atomic mass is 16.3. The molecule has 2 aromatic carbocycles. The molecule has 0 aromatic heterocycles. The third-order valence-corrected chi connectivity index (χ3v) is 4.76. The highest BCUT2D eigenvalue weighted by Gasteiger charge is 2.27. The van der Waals surface area contributed by atoms with Crippen LogP contribution in [0, 0.1) is 0 Å². The van der Waals surface area contributed by atoms with Crippen LogP contribution in [-0.4, -0.2) is 22.5 Å². The maximum atomic E-state index is 12.5. The summed E-state index contributed by atoms with van der Waals surface area (Å²) < 4.78 is 0. The smallest absolute Gasteiger partial charge is 0.227 e. The van der Waals surface area contributed by atoms with Gasteiger partial charge in [0.2, 0.25) is 5.91 Å². The highest BCUT2D eigenvalue weighted by Crippen LogP contribution is 2.30. The van der Waals surface area contributed by atoms with E-state index in [1.807, 2.05) is 42.5 Å². The first kappa shape index (κ1) is 17.6. The van der Waals surface area contributed by atoms with E-state index in [4.69, 9.17) is 0 Å². The van der Waals surface area contributed by atoms with E-state index in [0.29, 0.717) is 0 Å². The molecule has 0 aliphatic carbocycles. The number of carbonyl (C=O) groups excluding carboxylic acids is 1. The number of carbonyl (C=O) groups is 1. The number of anilines is 1. The number of hydrogen-bond acceptors (Lipinski definition) is 3. The second-order valence-electron chi connectivity index (χ2n) is 7.02. The van der Waals surface area contributed by atoms with Crippen molar-refractivity contribution in [2.24, 2.45) is 0 Å². The summed E-state index contributed by atoms with van der Waals surface area (Å²) in [4.78, 5) is 14.9. The zero-order valence-corrected chi connectivity index (χ0v) is 15.0. The monoisotopic (exact) mass is 338 g/mol. The van der Waals surface area contributed by atoms with Crippen molar-refractivity contribution in [3.05, 3.63) is 65.2 Å². The van der Waals surface area contributed by atoms with Gasteiger partial charge in [0.05, 0.1) is 12.0 Å². The molecule has 0 radical (unpaired) electrons. The molecule has 3 rings (SSSR count). The van der Waals surface area contributed by atoms with Crippen LogP contribution in [-0.2, 0) is 23.5 Å². The highest BCUT2D eigenvalue weighted by molar-refractivity contribution is 5.92. The van der Waals surface area contributed by atoms with Gasteiger partial charge in [-0.15, -0.1) is 0 Å². The second-order valence-corrected chi connectivity index (χ2v) is 7.02. The van der Waals surface area contributed by atoms with E-state index in [1.54, 1.807) is 6.92 Å². The first-order chi connectivity index (χ1) is 12.0. The molecule has 4 nitrogen and oxygen atoms in total. The number of rotatable bonds is 6. The molecule has 0 bridgehead atoms. The Kier molecular flexibility index (Phi) is 5.21. The summed E-state index contributed by atoms with van der Waals surface area (Å²) in [5.74, 6) is -0.170. The Morgan fingerprint density at radius 3 is 2.64 bits per heavy atom. The molecule has 132 valence electrons. The van der Waals surface area contributed by atoms with Crippen LogP contribution in [0.2, 0.25) is 0 Å². The van der Waals surface area contributed by atoms with E-state index >= 15 is 0 Å². The standard InChI is InChI=1S/C21H26N2O2/c1-3-12-23-14-16-8-7-11-19(18(16)15-23)22-20(24)13-21(2,25)17-9-5-4-6-10-17/h4-11,25H,3,12-15H2,1-2H3,(H,22,24). The average Bonchev–Trinajstić information content (AvgIpc) is 2.99. The van der Waals surface area contributed by atoms with E-state index in [0.717, 1.165) is 37.3 Å². The SMILES string of the molecule is CCCN1Cc2cccc(NC(=O)CC(C)(O)c3ccccc3)c2C1. The Morgan fingerprint density at radius 2 is 1.92 bits per heavy atom. The molecule has 25 heavy (non-hydrogen) atoms. The minimum absolute atomic E-state index is 0.0271. The van der Waals surface area contributed by atoms with Gasteiger partial charge in [0.25, 0.3) is 0 Å². The summed E-state index contributed by atoms with van der Waals surface area (Å²) in [7, 11) is 0. The van der Waals surface area contributed by atoms with Crippen LogP contribution in [0.5, 0.6) is 0 Å². The molecule has 2 N–H and O–H groups in total. The Hall–Kier alpha value is -2.17. The summed E-state index contributed by atoms with van der Waals surface area (Å²) in [6.45, 7) is 6.73. The van der Waals surface area contributed by atoms with Gasteiger partial charge in [0.1, 0.15) is 0 Å². The molecular formula is C21H26N2O2. The molecule has 0 spiro atoms. The molecule has 1 unspecified atom stereocenters. The zero-order chi connectivity index (χ0) is 17.9. The van der Waals surface area contributed by atoms with Crippen LogP contribution in [0.25, 0.3) is 0 Å². The van der Waals surface area contributed by atoms with Crippen molar-refractivity contribution in [2.45, 2.75) is 45.4 Å². The molecule has 0 fully saturated rings. The van der Waals surface area contributed by atoms with Gasteiger partial charge in [-0.2, -0.15) is 0 Å². The largest absolute Gasteiger partial charge is 0.385 e. The summed E-state index contributed by atoms with van der Waals surface area (Å²) >= 11 is 0. The fourth-order valence-electron chi connectivity index (χ4n) is 3.49. The number of aliphatic hydroxyl groups is 1. The molecule has 4 heteroatoms. The van der Waals surface area contributed by atoms with E-state index < -0.39 is 5.60 Å². The van der Waals surface area contributed by atoms with Gasteiger partial charge < -0.3 is 10.4 Å². The minimum atomic E-state index is -1.18. The van der Waals surface area contributed by atoms with Gasteiger partial charge in [-0.25, -0.2) is 0 Å². The summed E-state index contributed by atoms with van der Waals surface area (Å²) in [5, 5.41) is 13.7. The van der Waals surface area contributed by atoms with Crippen LogP contribution in [0.3, 0.4) is 0 Å². The van der Waals surface area contributed by atoms with Crippen molar-refractivity contribution in [1.82, 2.24) is 4.90 Å². The van der Waals surface area contributed by atoms with Gasteiger partial charge in [-0.1, -0.05) is 49.4 Å². The Balaban J connectivity index is 1.70. The van der Waals surface area contributed by atoms with Crippen LogP contribution in [0.15, 0.2) is 48.5 Å². The predicted octanol–water partition coefficient (Wildman–Crippen LogP) is 3.65. The number of nitrogens with zero attached hydrogens (tertiary/aromatic N) is 1. The number of amides is 1. The summed E-state index contributed by atoms with van der Waals surface area (Å²) in [5.41, 5.74) is 2.91. The summed E-state index contributed by atoms with van der Waals surface area (Å²) in [6.07, 6.45) is 1.15. The number of benzene rings is 2. The lowest BCUT2D eigenvalue weighted by molar-refractivity contribution is -0.120. The molecule has 2 aromatic rings. The average molecular weight is 338 g/mol. The quantitative estimate of drug-likeness (QED) is 0.845. The van der Waals surface area contributed by atoms with Crippen molar-refractivity contribution in [1.29, 1.82) is 0 Å². The number of nitrogens with one attached hydrogen (secondary N) is 1. The van der Waals surface area contributed by atoms with Crippen molar-refractivity contribution in [3.8, 4) is 0 Å². The van der Waals surface area contributed by atoms with Crippen molar-refractivity contribution in [2.75, 3.05) is 11.9 Å². The Labute approximate surface area is 149 Å². The van der Waals surface area contributed by atoms with Gasteiger partial charge in [0.15, 0.2) is 0 Å². The molecule has 1 heterocycles. The van der Waals surface area contributed by atoms with Crippen molar-refractivity contribution < 1.29 is 9.90 Å². The van der Waals surface area contributed by atoms with Gasteiger partial charge in [0, 0.05) is 18.8 Å². The maximum absolute atomic E-state index is 12.5. The summed E-state index contributed by atoms with van der Waals surface area (Å²) in [6, 6.07) is 15.4. The first-order valence-corrected chi connectivity index (χ1v) is 8.90. The van der Waals surface area contributed by atoms with E-state index in [9.17, 15) is 9.90 Å². The Morgan fingerprint density at radius 1 is 1.16 bits per heavy atom. The van der Waals surface area contributed by atoms with E-state index in [-0.39, 0.29) is 12.3 Å². The molecular weight excluding hydrogens is 312 g/mol. The molecule has 1 amide bonds. The van der Waals surface area contributed by atoms with Gasteiger partial charge >= 0.3 is 0 Å². The molecule has 1 aliphatic heterocycles. The van der Waals surface area contributed by atoms with Crippen LogP contribution < -0.4 is 5.32 Å². The molecule has 1 aliphatic rings. The normalized spacial score (nSPS) is 16.3. The lowest BCUT2D eigenvalue weighted by Gasteiger charge is -2.23.